The molecule has 0 radical (unpaired) electrons. The zero-order chi connectivity index (χ0) is 26.9. The predicted molar refractivity (Wildman–Crippen MR) is 159 cm³/mol. The summed E-state index contributed by atoms with van der Waals surface area (Å²) in [6, 6.07) is 35.8. The molecule has 2 amide bonds. The molecule has 202 valence electrons. The summed E-state index contributed by atoms with van der Waals surface area (Å²) in [6.07, 6.45) is 0.854. The van der Waals surface area contributed by atoms with Crippen molar-refractivity contribution in [3.8, 4) is 0 Å². The number of nitrogens with one attached hydrogen (secondary N) is 1. The Hall–Kier alpha value is -3.67. The van der Waals surface area contributed by atoms with Gasteiger partial charge >= 0.3 is 6.03 Å². The highest BCUT2D eigenvalue weighted by atomic mass is 16.5. The monoisotopic (exact) mass is 521 g/mol. The van der Waals surface area contributed by atoms with Crippen LogP contribution < -0.4 is 5.32 Å². The summed E-state index contributed by atoms with van der Waals surface area (Å²) >= 11 is 0. The number of hydrogen-bond donors (Lipinski definition) is 1. The van der Waals surface area contributed by atoms with Crippen molar-refractivity contribution in [1.82, 2.24) is 15.1 Å². The molecule has 39 heavy (non-hydrogen) atoms. The molecule has 0 aromatic heterocycles. The van der Waals surface area contributed by atoms with Crippen LogP contribution in [0.2, 0.25) is 0 Å². The van der Waals surface area contributed by atoms with Gasteiger partial charge in [0.1, 0.15) is 0 Å². The molecule has 1 N–H and O–H groups in total. The molecule has 4 aromatic carbocycles. The van der Waals surface area contributed by atoms with Crippen LogP contribution in [-0.2, 0) is 4.74 Å². The minimum Gasteiger partial charge on any atom is -0.379 e. The average molecular weight is 522 g/mol. The minimum absolute atomic E-state index is 0.0106. The zero-order valence-corrected chi connectivity index (χ0v) is 22.8. The molecule has 1 atom stereocenters. The number of rotatable bonds is 10. The van der Waals surface area contributed by atoms with E-state index in [1.165, 1.54) is 21.9 Å². The van der Waals surface area contributed by atoms with E-state index in [0.717, 1.165) is 44.8 Å². The van der Waals surface area contributed by atoms with E-state index in [9.17, 15) is 4.79 Å². The number of urea groups is 1. The van der Waals surface area contributed by atoms with Crippen LogP contribution in [0.4, 0.5) is 4.79 Å². The number of ether oxygens (including phenoxy) is 1. The van der Waals surface area contributed by atoms with Gasteiger partial charge in [0.05, 0.1) is 19.3 Å². The van der Waals surface area contributed by atoms with Gasteiger partial charge < -0.3 is 15.0 Å². The lowest BCUT2D eigenvalue weighted by Crippen LogP contribution is -2.47. The van der Waals surface area contributed by atoms with Crippen molar-refractivity contribution in [3.63, 3.8) is 0 Å². The van der Waals surface area contributed by atoms with Crippen molar-refractivity contribution in [2.75, 3.05) is 45.9 Å². The van der Waals surface area contributed by atoms with Gasteiger partial charge in [0.25, 0.3) is 0 Å². The first kappa shape index (κ1) is 26.9. The van der Waals surface area contributed by atoms with E-state index in [0.29, 0.717) is 13.1 Å². The van der Waals surface area contributed by atoms with Gasteiger partial charge in [-0.3, -0.25) is 4.90 Å². The molecular weight excluding hydrogens is 482 g/mol. The van der Waals surface area contributed by atoms with Gasteiger partial charge in [-0.1, -0.05) is 103 Å². The van der Waals surface area contributed by atoms with Crippen LogP contribution in [0.1, 0.15) is 42.0 Å². The summed E-state index contributed by atoms with van der Waals surface area (Å²) < 4.78 is 5.53. The minimum atomic E-state index is -0.103. The lowest BCUT2D eigenvalue weighted by molar-refractivity contribution is 0.0348. The van der Waals surface area contributed by atoms with Crippen molar-refractivity contribution in [1.29, 1.82) is 0 Å². The normalized spacial score (nSPS) is 14.8. The highest BCUT2D eigenvalue weighted by Gasteiger charge is 2.22. The molecule has 5 rings (SSSR count). The third-order valence-electron chi connectivity index (χ3n) is 7.80. The number of amides is 2. The van der Waals surface area contributed by atoms with E-state index in [2.05, 4.69) is 120 Å². The Morgan fingerprint density at radius 2 is 1.44 bits per heavy atom. The molecule has 0 spiro atoms. The van der Waals surface area contributed by atoms with E-state index in [-0.39, 0.29) is 18.0 Å². The number of hydrogen-bond acceptors (Lipinski definition) is 3. The maximum absolute atomic E-state index is 13.8. The highest BCUT2D eigenvalue weighted by Crippen LogP contribution is 2.29. The molecule has 1 fully saturated rings. The number of fused-ring (bicyclic) bond motifs is 1. The number of carbonyl (C=O) groups excluding carboxylic acids is 1. The molecule has 0 aliphatic carbocycles. The smallest absolute Gasteiger partial charge is 0.317 e. The van der Waals surface area contributed by atoms with Gasteiger partial charge in [0.2, 0.25) is 0 Å². The highest BCUT2D eigenvalue weighted by molar-refractivity contribution is 5.86. The van der Waals surface area contributed by atoms with Crippen molar-refractivity contribution in [2.24, 2.45) is 0 Å². The first-order chi connectivity index (χ1) is 19.2. The molecule has 0 bridgehead atoms. The van der Waals surface area contributed by atoms with Crippen LogP contribution in [0, 0.1) is 0 Å². The van der Waals surface area contributed by atoms with Gasteiger partial charge in [-0.05, 0) is 40.8 Å². The van der Waals surface area contributed by atoms with Gasteiger partial charge in [0, 0.05) is 38.6 Å². The van der Waals surface area contributed by atoms with Gasteiger partial charge in [-0.2, -0.15) is 0 Å². The van der Waals surface area contributed by atoms with Crippen molar-refractivity contribution in [3.05, 3.63) is 120 Å². The van der Waals surface area contributed by atoms with Crippen LogP contribution in [0.5, 0.6) is 0 Å². The summed E-state index contributed by atoms with van der Waals surface area (Å²) in [6.45, 7) is 7.63. The lowest BCUT2D eigenvalue weighted by atomic mass is 9.88. The molecular formula is C34H39N3O2. The summed E-state index contributed by atoms with van der Waals surface area (Å²) in [7, 11) is 0. The third kappa shape index (κ3) is 7.05. The average Bonchev–Trinajstić information content (AvgIpc) is 3.00. The second kappa shape index (κ2) is 13.4. The van der Waals surface area contributed by atoms with Crippen LogP contribution in [-0.4, -0.2) is 61.8 Å². The summed E-state index contributed by atoms with van der Waals surface area (Å²) in [4.78, 5) is 18.2. The molecule has 1 aliphatic rings. The molecule has 5 heteroatoms. The Morgan fingerprint density at radius 3 is 2.13 bits per heavy atom. The van der Waals surface area contributed by atoms with E-state index in [1.807, 2.05) is 4.90 Å². The van der Waals surface area contributed by atoms with Crippen molar-refractivity contribution >= 4 is 16.8 Å². The molecule has 5 nitrogen and oxygen atoms in total. The lowest BCUT2D eigenvalue weighted by Gasteiger charge is -2.32. The zero-order valence-electron chi connectivity index (χ0n) is 22.8. The van der Waals surface area contributed by atoms with Gasteiger partial charge in [-0.25, -0.2) is 4.79 Å². The molecule has 1 aliphatic heterocycles. The fourth-order valence-electron chi connectivity index (χ4n) is 5.57. The molecule has 1 heterocycles. The molecule has 4 aromatic rings. The summed E-state index contributed by atoms with van der Waals surface area (Å²) in [5.74, 6) is 0.224. The first-order valence-corrected chi connectivity index (χ1v) is 14.1. The number of benzene rings is 4. The number of carbonyl (C=O) groups is 1. The fourth-order valence-corrected chi connectivity index (χ4v) is 5.57. The Morgan fingerprint density at radius 1 is 0.821 bits per heavy atom. The predicted octanol–water partition coefficient (Wildman–Crippen LogP) is 6.47. The van der Waals surface area contributed by atoms with Crippen LogP contribution in [0.25, 0.3) is 10.8 Å². The largest absolute Gasteiger partial charge is 0.379 e. The number of nitrogens with zero attached hydrogens (tertiary/aromatic N) is 2. The van der Waals surface area contributed by atoms with Crippen LogP contribution >= 0.6 is 0 Å². The van der Waals surface area contributed by atoms with Crippen LogP contribution in [0.3, 0.4) is 0 Å². The Labute approximate surface area is 232 Å². The topological polar surface area (TPSA) is 44.8 Å². The third-order valence-corrected chi connectivity index (χ3v) is 7.80. The maximum atomic E-state index is 13.8. The Kier molecular flexibility index (Phi) is 9.26. The Balaban J connectivity index is 1.33. The van der Waals surface area contributed by atoms with E-state index in [1.54, 1.807) is 0 Å². The second-order valence-corrected chi connectivity index (χ2v) is 10.3. The van der Waals surface area contributed by atoms with E-state index < -0.39 is 0 Å². The number of morpholine rings is 1. The summed E-state index contributed by atoms with van der Waals surface area (Å²) in [5, 5.41) is 5.69. The SMILES string of the molecule is CC(NC(=O)N(CCC(c1ccccc1)c1ccccc1)CCN1CCOCC1)c1cccc2ccccc12. The molecule has 0 saturated carbocycles. The molecule has 1 unspecified atom stereocenters. The van der Waals surface area contributed by atoms with Crippen LogP contribution in [0.15, 0.2) is 103 Å². The maximum Gasteiger partial charge on any atom is 0.317 e. The van der Waals surface area contributed by atoms with E-state index >= 15 is 0 Å². The fraction of sp³-hybridized carbons (Fsp3) is 0.324. The first-order valence-electron chi connectivity index (χ1n) is 14.1. The van der Waals surface area contributed by atoms with E-state index in [4.69, 9.17) is 4.74 Å². The van der Waals surface area contributed by atoms with Gasteiger partial charge in [-0.15, -0.1) is 0 Å². The quantitative estimate of drug-likeness (QED) is 0.260. The van der Waals surface area contributed by atoms with Crippen molar-refractivity contribution < 1.29 is 9.53 Å². The Bertz CT molecular complexity index is 1280. The second-order valence-electron chi connectivity index (χ2n) is 10.3. The van der Waals surface area contributed by atoms with Gasteiger partial charge in [0.15, 0.2) is 0 Å². The summed E-state index contributed by atoms with van der Waals surface area (Å²) in [5.41, 5.74) is 3.70. The van der Waals surface area contributed by atoms with Crippen molar-refractivity contribution in [2.45, 2.75) is 25.3 Å². The molecule has 1 saturated heterocycles. The standard InChI is InChI=1S/C34H39N3O2/c1-27(31-18-10-16-30-15-8-9-17-33(30)31)35-34(38)37(22-21-36-23-25-39-26-24-36)20-19-32(28-11-4-2-5-12-28)29-13-6-3-7-14-29/h2-18,27,32H,19-26H2,1H3,(H,35,38).